The summed E-state index contributed by atoms with van der Waals surface area (Å²) in [5.41, 5.74) is 0.0642. The molecule has 0 saturated carbocycles. The van der Waals surface area contributed by atoms with Gasteiger partial charge in [-0.15, -0.1) is 0 Å². The number of rotatable bonds is 7. The Morgan fingerprint density at radius 2 is 1.95 bits per heavy atom. The zero-order valence-corrected chi connectivity index (χ0v) is 12.7. The van der Waals surface area contributed by atoms with Crippen LogP contribution in [0.4, 0.5) is 0 Å². The number of hydrogen-bond donors (Lipinski definition) is 2. The summed E-state index contributed by atoms with van der Waals surface area (Å²) >= 11 is 0. The molecule has 108 valence electrons. The molecule has 0 spiro atoms. The predicted molar refractivity (Wildman–Crippen MR) is 79.5 cm³/mol. The zero-order valence-electron chi connectivity index (χ0n) is 12.7. The maximum Gasteiger partial charge on any atom is 0.120 e. The third-order valence-electron chi connectivity index (χ3n) is 2.99. The highest BCUT2D eigenvalue weighted by atomic mass is 16.5. The Morgan fingerprint density at radius 1 is 1.26 bits per heavy atom. The van der Waals surface area contributed by atoms with Gasteiger partial charge in [0.25, 0.3) is 0 Å². The molecule has 1 aromatic rings. The molecule has 0 heterocycles. The fourth-order valence-electron chi connectivity index (χ4n) is 1.93. The fourth-order valence-corrected chi connectivity index (χ4v) is 1.93. The number of hydrogen-bond acceptors (Lipinski definition) is 3. The second kappa shape index (κ2) is 6.92. The molecule has 19 heavy (non-hydrogen) atoms. The van der Waals surface area contributed by atoms with Gasteiger partial charge in [-0.2, -0.15) is 0 Å². The molecule has 0 saturated heterocycles. The third kappa shape index (κ3) is 5.62. The van der Waals surface area contributed by atoms with Gasteiger partial charge in [0, 0.05) is 6.04 Å². The van der Waals surface area contributed by atoms with Gasteiger partial charge in [-0.25, -0.2) is 0 Å². The number of benzene rings is 1. The molecule has 1 atom stereocenters. The summed E-state index contributed by atoms with van der Waals surface area (Å²) in [5, 5.41) is 13.9. The van der Waals surface area contributed by atoms with Crippen LogP contribution < -0.4 is 10.1 Å². The van der Waals surface area contributed by atoms with E-state index in [1.165, 1.54) is 0 Å². The van der Waals surface area contributed by atoms with Crippen LogP contribution in [-0.2, 0) is 5.60 Å². The van der Waals surface area contributed by atoms with Gasteiger partial charge in [0.05, 0.1) is 11.7 Å². The Kier molecular flexibility index (Phi) is 5.83. The number of aliphatic hydroxyl groups is 1. The van der Waals surface area contributed by atoms with Crippen LogP contribution in [0.15, 0.2) is 24.3 Å². The summed E-state index contributed by atoms with van der Waals surface area (Å²) in [5.74, 6) is 0.810. The van der Waals surface area contributed by atoms with Gasteiger partial charge in [0.1, 0.15) is 5.75 Å². The van der Waals surface area contributed by atoms with Crippen LogP contribution >= 0.6 is 0 Å². The third-order valence-corrected chi connectivity index (χ3v) is 2.99. The Balaban J connectivity index is 2.71. The predicted octanol–water partition coefficient (Wildman–Crippen LogP) is 3.07. The van der Waals surface area contributed by atoms with Crippen molar-refractivity contribution >= 4 is 0 Å². The lowest BCUT2D eigenvalue weighted by Crippen LogP contribution is -2.31. The summed E-state index contributed by atoms with van der Waals surface area (Å²) in [7, 11) is 0. The van der Waals surface area contributed by atoms with E-state index in [9.17, 15) is 5.11 Å². The lowest BCUT2D eigenvalue weighted by atomic mass is 9.92. The minimum Gasteiger partial charge on any atom is -0.491 e. The first-order valence-corrected chi connectivity index (χ1v) is 7.04. The average molecular weight is 265 g/mol. The van der Waals surface area contributed by atoms with Crippen molar-refractivity contribution in [3.05, 3.63) is 29.8 Å². The molecule has 0 amide bonds. The first kappa shape index (κ1) is 16.0. The van der Waals surface area contributed by atoms with Crippen LogP contribution in [0.2, 0.25) is 0 Å². The highest BCUT2D eigenvalue weighted by molar-refractivity contribution is 5.32. The van der Waals surface area contributed by atoms with Crippen molar-refractivity contribution in [1.29, 1.82) is 0 Å². The van der Waals surface area contributed by atoms with E-state index >= 15 is 0 Å². The quantitative estimate of drug-likeness (QED) is 0.796. The molecule has 0 aliphatic heterocycles. The van der Waals surface area contributed by atoms with E-state index in [1.807, 2.05) is 45.0 Å². The Morgan fingerprint density at radius 3 is 2.53 bits per heavy atom. The zero-order chi connectivity index (χ0) is 14.5. The second-order valence-electron chi connectivity index (χ2n) is 5.83. The Hall–Kier alpha value is -1.06. The molecule has 3 heteroatoms. The van der Waals surface area contributed by atoms with E-state index in [0.717, 1.165) is 17.9 Å². The monoisotopic (exact) mass is 265 g/mol. The molecule has 2 N–H and O–H groups in total. The standard InChI is InChI=1S/C16H27NO2/c1-12(2)17-10-9-16(5,18)14-7-6-8-15(11-14)19-13(3)4/h6-8,11-13,17-18H,9-10H2,1-5H3. The van der Waals surface area contributed by atoms with Crippen molar-refractivity contribution in [3.63, 3.8) is 0 Å². The molecular formula is C16H27NO2. The van der Waals surface area contributed by atoms with E-state index in [4.69, 9.17) is 4.74 Å². The fraction of sp³-hybridized carbons (Fsp3) is 0.625. The summed E-state index contributed by atoms with van der Waals surface area (Å²) in [6, 6.07) is 8.16. The Bertz CT molecular complexity index is 386. The molecule has 0 aliphatic carbocycles. The van der Waals surface area contributed by atoms with Crippen molar-refractivity contribution in [1.82, 2.24) is 5.32 Å². The van der Waals surface area contributed by atoms with Crippen molar-refractivity contribution < 1.29 is 9.84 Å². The van der Waals surface area contributed by atoms with Gasteiger partial charge in [0.15, 0.2) is 0 Å². The molecule has 3 nitrogen and oxygen atoms in total. The second-order valence-corrected chi connectivity index (χ2v) is 5.83. The molecule has 1 aromatic carbocycles. The van der Waals surface area contributed by atoms with E-state index in [0.29, 0.717) is 12.5 Å². The topological polar surface area (TPSA) is 41.5 Å². The molecule has 1 unspecified atom stereocenters. The SMILES string of the molecule is CC(C)NCCC(C)(O)c1cccc(OC(C)C)c1. The first-order chi connectivity index (χ1) is 8.81. The van der Waals surface area contributed by atoms with Crippen LogP contribution in [0.3, 0.4) is 0 Å². The van der Waals surface area contributed by atoms with Crippen LogP contribution in [0.5, 0.6) is 5.75 Å². The lowest BCUT2D eigenvalue weighted by molar-refractivity contribution is 0.0471. The molecule has 0 bridgehead atoms. The van der Waals surface area contributed by atoms with Gasteiger partial charge in [-0.1, -0.05) is 26.0 Å². The Labute approximate surface area is 117 Å². The van der Waals surface area contributed by atoms with Crippen molar-refractivity contribution in [2.75, 3.05) is 6.54 Å². The van der Waals surface area contributed by atoms with Crippen LogP contribution in [0.25, 0.3) is 0 Å². The molecular weight excluding hydrogens is 238 g/mol. The normalized spacial score (nSPS) is 14.7. The van der Waals surface area contributed by atoms with E-state index in [1.54, 1.807) is 0 Å². The summed E-state index contributed by atoms with van der Waals surface area (Å²) in [6.07, 6.45) is 0.818. The largest absolute Gasteiger partial charge is 0.491 e. The van der Waals surface area contributed by atoms with Gasteiger partial charge >= 0.3 is 0 Å². The number of ether oxygens (including phenoxy) is 1. The van der Waals surface area contributed by atoms with E-state index < -0.39 is 5.60 Å². The highest BCUT2D eigenvalue weighted by Gasteiger charge is 2.23. The number of nitrogens with one attached hydrogen (secondary N) is 1. The highest BCUT2D eigenvalue weighted by Crippen LogP contribution is 2.27. The summed E-state index contributed by atoms with van der Waals surface area (Å²) in [6.45, 7) is 10.8. The first-order valence-electron chi connectivity index (χ1n) is 7.04. The van der Waals surface area contributed by atoms with Crippen LogP contribution in [0, 0.1) is 0 Å². The molecule has 0 radical (unpaired) electrons. The molecule has 0 aliphatic rings. The van der Waals surface area contributed by atoms with E-state index in [2.05, 4.69) is 19.2 Å². The summed E-state index contributed by atoms with van der Waals surface area (Å²) < 4.78 is 5.67. The van der Waals surface area contributed by atoms with Gasteiger partial charge in [-0.3, -0.25) is 0 Å². The minimum atomic E-state index is -0.835. The maximum absolute atomic E-state index is 10.6. The lowest BCUT2D eigenvalue weighted by Gasteiger charge is -2.25. The van der Waals surface area contributed by atoms with Gasteiger partial charge < -0.3 is 15.2 Å². The van der Waals surface area contributed by atoms with Crippen LogP contribution in [0.1, 0.15) is 46.6 Å². The van der Waals surface area contributed by atoms with Crippen molar-refractivity contribution in [2.45, 2.75) is 58.8 Å². The van der Waals surface area contributed by atoms with Crippen molar-refractivity contribution in [3.8, 4) is 5.75 Å². The average Bonchev–Trinajstić information content (AvgIpc) is 2.27. The van der Waals surface area contributed by atoms with Gasteiger partial charge in [0.2, 0.25) is 0 Å². The molecule has 0 aromatic heterocycles. The smallest absolute Gasteiger partial charge is 0.120 e. The van der Waals surface area contributed by atoms with Crippen molar-refractivity contribution in [2.24, 2.45) is 0 Å². The van der Waals surface area contributed by atoms with Crippen LogP contribution in [-0.4, -0.2) is 23.8 Å². The molecule has 1 rings (SSSR count). The minimum absolute atomic E-state index is 0.141. The maximum atomic E-state index is 10.6. The van der Waals surface area contributed by atoms with Gasteiger partial charge in [-0.05, 0) is 51.4 Å². The molecule has 0 fully saturated rings. The van der Waals surface area contributed by atoms with E-state index in [-0.39, 0.29) is 6.10 Å². The summed E-state index contributed by atoms with van der Waals surface area (Å²) in [4.78, 5) is 0.